The highest BCUT2D eigenvalue weighted by Crippen LogP contribution is 2.31. The average molecular weight is 205 g/mol. The number of hydrogen-bond donors (Lipinski definition) is 2. The molecule has 0 amide bonds. The van der Waals surface area contributed by atoms with Crippen LogP contribution in [-0.2, 0) is 5.60 Å². The highest BCUT2D eigenvalue weighted by atomic mass is 16.3. The van der Waals surface area contributed by atoms with E-state index in [1.54, 1.807) is 0 Å². The first-order chi connectivity index (χ1) is 7.12. The standard InChI is InChI=1S/C13H19NO/c1-10-6-3-4-7-11(10)13(2,15)12-8-5-9-14-12/h3-4,6-7,12,14-15H,5,8-9H2,1-2H3. The zero-order chi connectivity index (χ0) is 10.9. The molecule has 2 atom stereocenters. The van der Waals surface area contributed by atoms with Gasteiger partial charge in [-0.1, -0.05) is 24.3 Å². The van der Waals surface area contributed by atoms with Gasteiger partial charge in [0.05, 0.1) is 0 Å². The summed E-state index contributed by atoms with van der Waals surface area (Å²) < 4.78 is 0. The van der Waals surface area contributed by atoms with Crippen LogP contribution in [0.15, 0.2) is 24.3 Å². The molecule has 2 rings (SSSR count). The minimum atomic E-state index is -0.748. The van der Waals surface area contributed by atoms with E-state index in [1.165, 1.54) is 0 Å². The van der Waals surface area contributed by atoms with Crippen LogP contribution in [0.25, 0.3) is 0 Å². The quantitative estimate of drug-likeness (QED) is 0.773. The van der Waals surface area contributed by atoms with Crippen LogP contribution in [0.2, 0.25) is 0 Å². The Labute approximate surface area is 91.3 Å². The smallest absolute Gasteiger partial charge is 0.102 e. The van der Waals surface area contributed by atoms with Gasteiger partial charge < -0.3 is 10.4 Å². The molecule has 1 aromatic carbocycles. The second-order valence-corrected chi connectivity index (χ2v) is 4.61. The van der Waals surface area contributed by atoms with Gasteiger partial charge in [0.25, 0.3) is 0 Å². The van der Waals surface area contributed by atoms with Crippen molar-refractivity contribution in [3.05, 3.63) is 35.4 Å². The molecule has 1 aromatic rings. The van der Waals surface area contributed by atoms with E-state index in [0.717, 1.165) is 30.5 Å². The number of nitrogens with one attached hydrogen (secondary N) is 1. The van der Waals surface area contributed by atoms with Gasteiger partial charge in [0.15, 0.2) is 0 Å². The predicted octanol–water partition coefficient (Wildman–Crippen LogP) is 1.95. The van der Waals surface area contributed by atoms with Gasteiger partial charge in [-0.25, -0.2) is 0 Å². The van der Waals surface area contributed by atoms with Gasteiger partial charge in [-0.05, 0) is 44.4 Å². The van der Waals surface area contributed by atoms with Gasteiger partial charge in [0, 0.05) is 6.04 Å². The number of rotatable bonds is 2. The first-order valence-corrected chi connectivity index (χ1v) is 5.64. The molecule has 15 heavy (non-hydrogen) atoms. The summed E-state index contributed by atoms with van der Waals surface area (Å²) >= 11 is 0. The first kappa shape index (κ1) is 10.7. The van der Waals surface area contributed by atoms with Gasteiger partial charge in [0.1, 0.15) is 5.60 Å². The summed E-state index contributed by atoms with van der Waals surface area (Å²) in [6, 6.07) is 8.27. The van der Waals surface area contributed by atoms with Crippen LogP contribution < -0.4 is 5.32 Å². The first-order valence-electron chi connectivity index (χ1n) is 5.64. The van der Waals surface area contributed by atoms with E-state index in [1.807, 2.05) is 25.1 Å². The SMILES string of the molecule is Cc1ccccc1C(C)(O)C1CCCN1. The lowest BCUT2D eigenvalue weighted by atomic mass is 9.85. The third kappa shape index (κ3) is 1.92. The summed E-state index contributed by atoms with van der Waals surface area (Å²) in [5, 5.41) is 14.0. The van der Waals surface area contributed by atoms with Crippen molar-refractivity contribution in [3.8, 4) is 0 Å². The lowest BCUT2D eigenvalue weighted by molar-refractivity contribution is 0.0213. The van der Waals surface area contributed by atoms with Crippen molar-refractivity contribution in [3.63, 3.8) is 0 Å². The maximum atomic E-state index is 10.6. The van der Waals surface area contributed by atoms with E-state index >= 15 is 0 Å². The van der Waals surface area contributed by atoms with Crippen molar-refractivity contribution in [2.45, 2.75) is 38.3 Å². The van der Waals surface area contributed by atoms with Crippen LogP contribution in [0.5, 0.6) is 0 Å². The molecule has 82 valence electrons. The summed E-state index contributed by atoms with van der Waals surface area (Å²) in [7, 11) is 0. The molecule has 0 spiro atoms. The third-order valence-electron chi connectivity index (χ3n) is 3.43. The molecule has 1 heterocycles. The molecule has 1 fully saturated rings. The fraction of sp³-hybridized carbons (Fsp3) is 0.538. The minimum Gasteiger partial charge on any atom is -0.384 e. The molecule has 0 saturated carbocycles. The predicted molar refractivity (Wildman–Crippen MR) is 61.8 cm³/mol. The maximum absolute atomic E-state index is 10.6. The Morgan fingerprint density at radius 2 is 2.13 bits per heavy atom. The average Bonchev–Trinajstić information content (AvgIpc) is 2.71. The number of aliphatic hydroxyl groups is 1. The van der Waals surface area contributed by atoms with Gasteiger partial charge in [0.2, 0.25) is 0 Å². The molecule has 0 aliphatic carbocycles. The van der Waals surface area contributed by atoms with Crippen molar-refractivity contribution in [1.82, 2.24) is 5.32 Å². The summed E-state index contributed by atoms with van der Waals surface area (Å²) in [6.45, 7) is 4.99. The number of aryl methyl sites for hydroxylation is 1. The highest BCUT2D eigenvalue weighted by Gasteiger charge is 2.36. The lowest BCUT2D eigenvalue weighted by Crippen LogP contribution is -2.43. The zero-order valence-electron chi connectivity index (χ0n) is 9.46. The molecule has 2 heteroatoms. The van der Waals surface area contributed by atoms with Crippen molar-refractivity contribution < 1.29 is 5.11 Å². The summed E-state index contributed by atoms with van der Waals surface area (Å²) in [6.07, 6.45) is 2.22. The zero-order valence-corrected chi connectivity index (χ0v) is 9.46. The Kier molecular flexibility index (Phi) is 2.81. The summed E-state index contributed by atoms with van der Waals surface area (Å²) in [5.41, 5.74) is 1.46. The van der Waals surface area contributed by atoms with E-state index < -0.39 is 5.60 Å². The van der Waals surface area contributed by atoms with E-state index in [0.29, 0.717) is 0 Å². The summed E-state index contributed by atoms with van der Waals surface area (Å²) in [5.74, 6) is 0. The maximum Gasteiger partial charge on any atom is 0.102 e. The van der Waals surface area contributed by atoms with E-state index in [-0.39, 0.29) is 6.04 Å². The molecule has 2 unspecified atom stereocenters. The largest absolute Gasteiger partial charge is 0.384 e. The van der Waals surface area contributed by atoms with Gasteiger partial charge in [-0.3, -0.25) is 0 Å². The number of hydrogen-bond acceptors (Lipinski definition) is 2. The fourth-order valence-corrected chi connectivity index (χ4v) is 2.49. The molecule has 2 N–H and O–H groups in total. The Balaban J connectivity index is 2.31. The van der Waals surface area contributed by atoms with E-state index in [9.17, 15) is 5.11 Å². The Hall–Kier alpha value is -0.860. The second kappa shape index (κ2) is 3.95. The number of benzene rings is 1. The van der Waals surface area contributed by atoms with Crippen LogP contribution in [0.1, 0.15) is 30.9 Å². The van der Waals surface area contributed by atoms with Gasteiger partial charge >= 0.3 is 0 Å². The van der Waals surface area contributed by atoms with E-state index in [4.69, 9.17) is 0 Å². The molecular weight excluding hydrogens is 186 g/mol. The molecular formula is C13H19NO. The van der Waals surface area contributed by atoms with E-state index in [2.05, 4.69) is 18.3 Å². The van der Waals surface area contributed by atoms with Crippen LogP contribution >= 0.6 is 0 Å². The Bertz CT molecular complexity index is 340. The van der Waals surface area contributed by atoms with Crippen LogP contribution in [0, 0.1) is 6.92 Å². The topological polar surface area (TPSA) is 32.3 Å². The molecule has 1 aliphatic heterocycles. The highest BCUT2D eigenvalue weighted by molar-refractivity contribution is 5.32. The van der Waals surface area contributed by atoms with Crippen molar-refractivity contribution >= 4 is 0 Å². The van der Waals surface area contributed by atoms with Gasteiger partial charge in [-0.15, -0.1) is 0 Å². The monoisotopic (exact) mass is 205 g/mol. The Morgan fingerprint density at radius 3 is 2.73 bits per heavy atom. The molecule has 0 aromatic heterocycles. The third-order valence-corrected chi connectivity index (χ3v) is 3.43. The van der Waals surface area contributed by atoms with Crippen LogP contribution in [0.3, 0.4) is 0 Å². The molecule has 0 bridgehead atoms. The minimum absolute atomic E-state index is 0.193. The van der Waals surface area contributed by atoms with Crippen molar-refractivity contribution in [2.24, 2.45) is 0 Å². The Morgan fingerprint density at radius 1 is 1.40 bits per heavy atom. The molecule has 2 nitrogen and oxygen atoms in total. The summed E-state index contributed by atoms with van der Waals surface area (Å²) in [4.78, 5) is 0. The van der Waals surface area contributed by atoms with Crippen LogP contribution in [-0.4, -0.2) is 17.7 Å². The van der Waals surface area contributed by atoms with Crippen LogP contribution in [0.4, 0.5) is 0 Å². The normalized spacial score (nSPS) is 25.1. The molecule has 0 radical (unpaired) electrons. The van der Waals surface area contributed by atoms with Gasteiger partial charge in [-0.2, -0.15) is 0 Å². The molecule has 1 saturated heterocycles. The van der Waals surface area contributed by atoms with Crippen molar-refractivity contribution in [1.29, 1.82) is 0 Å². The second-order valence-electron chi connectivity index (χ2n) is 4.61. The van der Waals surface area contributed by atoms with Crippen molar-refractivity contribution in [2.75, 3.05) is 6.54 Å². The lowest BCUT2D eigenvalue weighted by Gasteiger charge is -2.32. The molecule has 1 aliphatic rings. The fourth-order valence-electron chi connectivity index (χ4n) is 2.49.